The molecule has 2 amide bonds. The molecule has 0 radical (unpaired) electrons. The molecule has 1 fully saturated rings. The van der Waals surface area contributed by atoms with Crippen molar-refractivity contribution >= 4 is 23.4 Å². The van der Waals surface area contributed by atoms with Crippen LogP contribution in [0.1, 0.15) is 38.4 Å². The van der Waals surface area contributed by atoms with E-state index in [1.54, 1.807) is 48.1 Å². The number of hydrogen-bond donors (Lipinski definition) is 0. The Hall–Kier alpha value is -3.74. The van der Waals surface area contributed by atoms with Crippen LogP contribution in [0.3, 0.4) is 0 Å². The molecule has 2 aromatic carbocycles. The standard InChI is InChI=1S/C27H29N3O4/c1-17-13-21(16-28(17)22-6-7-22)20-5-12-25-26(14-20)29(15-18(2)30(25)19(3)31)27(32)34-24-10-8-23(33-4)9-11-24/h5,8-14,16,18,22H,6-7,15H2,1-4H3/t18-/m0/s1. The van der Waals surface area contributed by atoms with Gasteiger partial charge in [0.25, 0.3) is 0 Å². The second kappa shape index (κ2) is 8.56. The van der Waals surface area contributed by atoms with Gasteiger partial charge in [0.1, 0.15) is 11.5 Å². The van der Waals surface area contributed by atoms with Crippen LogP contribution < -0.4 is 19.3 Å². The number of aromatic nitrogens is 1. The van der Waals surface area contributed by atoms with E-state index in [1.807, 2.05) is 25.1 Å². The lowest BCUT2D eigenvalue weighted by Gasteiger charge is -2.40. The molecular weight excluding hydrogens is 430 g/mol. The number of fused-ring (bicyclic) bond motifs is 1. The Morgan fingerprint density at radius 1 is 0.941 bits per heavy atom. The van der Waals surface area contributed by atoms with E-state index in [1.165, 1.54) is 18.5 Å². The average molecular weight is 460 g/mol. The summed E-state index contributed by atoms with van der Waals surface area (Å²) in [5.74, 6) is 1.06. The molecule has 34 heavy (non-hydrogen) atoms. The first kappa shape index (κ1) is 22.1. The quantitative estimate of drug-likeness (QED) is 0.512. The molecule has 2 heterocycles. The van der Waals surface area contributed by atoms with Crippen molar-refractivity contribution in [3.05, 3.63) is 60.4 Å². The smallest absolute Gasteiger partial charge is 0.419 e. The number of rotatable bonds is 4. The van der Waals surface area contributed by atoms with Gasteiger partial charge in [-0.1, -0.05) is 6.07 Å². The third-order valence-electron chi connectivity index (χ3n) is 6.56. The Morgan fingerprint density at radius 3 is 2.29 bits per heavy atom. The van der Waals surface area contributed by atoms with Crippen LogP contribution in [0.2, 0.25) is 0 Å². The first-order chi connectivity index (χ1) is 16.4. The molecule has 5 rings (SSSR count). The highest BCUT2D eigenvalue weighted by atomic mass is 16.6. The molecule has 176 valence electrons. The Morgan fingerprint density at radius 2 is 1.65 bits per heavy atom. The largest absolute Gasteiger partial charge is 0.497 e. The highest BCUT2D eigenvalue weighted by Gasteiger charge is 2.35. The summed E-state index contributed by atoms with van der Waals surface area (Å²) in [5.41, 5.74) is 4.70. The van der Waals surface area contributed by atoms with Crippen molar-refractivity contribution in [1.29, 1.82) is 0 Å². The number of carbonyl (C=O) groups is 2. The Balaban J connectivity index is 1.51. The van der Waals surface area contributed by atoms with E-state index in [2.05, 4.69) is 23.8 Å². The van der Waals surface area contributed by atoms with Gasteiger partial charge in [0.2, 0.25) is 5.91 Å². The zero-order valence-electron chi connectivity index (χ0n) is 19.9. The second-order valence-electron chi connectivity index (χ2n) is 9.10. The minimum absolute atomic E-state index is 0.0552. The van der Waals surface area contributed by atoms with Gasteiger partial charge in [-0.3, -0.25) is 9.69 Å². The Kier molecular flexibility index (Phi) is 5.55. The van der Waals surface area contributed by atoms with E-state index in [9.17, 15) is 9.59 Å². The van der Waals surface area contributed by atoms with Crippen LogP contribution in [0, 0.1) is 6.92 Å². The summed E-state index contributed by atoms with van der Waals surface area (Å²) in [6, 6.07) is 15.4. The van der Waals surface area contributed by atoms with Crippen LogP contribution >= 0.6 is 0 Å². The molecule has 0 N–H and O–H groups in total. The van der Waals surface area contributed by atoms with Crippen molar-refractivity contribution < 1.29 is 19.1 Å². The van der Waals surface area contributed by atoms with Crippen molar-refractivity contribution in [3.63, 3.8) is 0 Å². The Bertz CT molecular complexity index is 1240. The van der Waals surface area contributed by atoms with E-state index in [4.69, 9.17) is 9.47 Å². The zero-order valence-corrected chi connectivity index (χ0v) is 19.9. The number of aryl methyl sites for hydroxylation is 1. The summed E-state index contributed by atoms with van der Waals surface area (Å²) in [4.78, 5) is 29.1. The first-order valence-corrected chi connectivity index (χ1v) is 11.6. The lowest BCUT2D eigenvalue weighted by atomic mass is 10.0. The maximum Gasteiger partial charge on any atom is 0.419 e. The van der Waals surface area contributed by atoms with Gasteiger partial charge in [0, 0.05) is 31.4 Å². The van der Waals surface area contributed by atoms with Crippen LogP contribution in [-0.2, 0) is 4.79 Å². The fraction of sp³-hybridized carbons (Fsp3) is 0.333. The molecular formula is C27H29N3O4. The highest BCUT2D eigenvalue weighted by molar-refractivity contribution is 6.03. The predicted molar refractivity (Wildman–Crippen MR) is 132 cm³/mol. The molecule has 0 saturated heterocycles. The van der Waals surface area contributed by atoms with Crippen LogP contribution in [0.15, 0.2) is 54.7 Å². The fourth-order valence-electron chi connectivity index (χ4n) is 4.75. The third-order valence-corrected chi connectivity index (χ3v) is 6.56. The van der Waals surface area contributed by atoms with Crippen LogP contribution in [0.4, 0.5) is 16.2 Å². The van der Waals surface area contributed by atoms with Crippen LogP contribution in [0.5, 0.6) is 11.5 Å². The highest BCUT2D eigenvalue weighted by Crippen LogP contribution is 2.41. The van der Waals surface area contributed by atoms with Crippen molar-refractivity contribution in [2.75, 3.05) is 23.5 Å². The molecule has 1 aliphatic carbocycles. The molecule has 0 spiro atoms. The van der Waals surface area contributed by atoms with Crippen molar-refractivity contribution in [2.24, 2.45) is 0 Å². The van der Waals surface area contributed by atoms with E-state index in [0.717, 1.165) is 11.1 Å². The minimum atomic E-state index is -0.481. The van der Waals surface area contributed by atoms with Gasteiger partial charge in [-0.25, -0.2) is 4.79 Å². The first-order valence-electron chi connectivity index (χ1n) is 11.6. The molecule has 1 saturated carbocycles. The van der Waals surface area contributed by atoms with E-state index in [-0.39, 0.29) is 11.9 Å². The molecule has 1 atom stereocenters. The molecule has 0 bridgehead atoms. The lowest BCUT2D eigenvalue weighted by molar-refractivity contribution is -0.117. The SMILES string of the molecule is COc1ccc(OC(=O)N2C[C@H](C)N(C(C)=O)c3ccc(-c4cc(C)n(C5CC5)c4)cc32)cc1. The topological polar surface area (TPSA) is 64.0 Å². The van der Waals surface area contributed by atoms with Crippen LogP contribution in [0.25, 0.3) is 11.1 Å². The maximum atomic E-state index is 13.3. The van der Waals surface area contributed by atoms with Crippen molar-refractivity contribution in [2.45, 2.75) is 45.7 Å². The van der Waals surface area contributed by atoms with Gasteiger partial charge in [-0.2, -0.15) is 0 Å². The molecule has 2 aliphatic rings. The third kappa shape index (κ3) is 4.02. The van der Waals surface area contributed by atoms with Gasteiger partial charge in [-0.05, 0) is 80.3 Å². The monoisotopic (exact) mass is 459 g/mol. The molecule has 3 aromatic rings. The maximum absolute atomic E-state index is 13.3. The number of carbonyl (C=O) groups excluding carboxylic acids is 2. The van der Waals surface area contributed by atoms with Gasteiger partial charge in [-0.15, -0.1) is 0 Å². The molecule has 1 aromatic heterocycles. The molecule has 0 unspecified atom stereocenters. The number of ether oxygens (including phenoxy) is 2. The average Bonchev–Trinajstić information content (AvgIpc) is 3.59. The van der Waals surface area contributed by atoms with Gasteiger partial charge in [0.05, 0.1) is 24.5 Å². The van der Waals surface area contributed by atoms with Crippen molar-refractivity contribution in [1.82, 2.24) is 4.57 Å². The van der Waals surface area contributed by atoms with Crippen LogP contribution in [-0.4, -0.2) is 36.3 Å². The van der Waals surface area contributed by atoms with Gasteiger partial charge >= 0.3 is 6.09 Å². The predicted octanol–water partition coefficient (Wildman–Crippen LogP) is 5.57. The number of anilines is 2. The van der Waals surface area contributed by atoms with E-state index in [0.29, 0.717) is 35.5 Å². The second-order valence-corrected chi connectivity index (χ2v) is 9.10. The number of methoxy groups -OCH3 is 1. The lowest BCUT2D eigenvalue weighted by Crippen LogP contribution is -2.52. The number of hydrogen-bond acceptors (Lipinski definition) is 4. The molecule has 7 heteroatoms. The number of benzene rings is 2. The Labute approximate surface area is 199 Å². The fourth-order valence-corrected chi connectivity index (χ4v) is 4.75. The summed E-state index contributed by atoms with van der Waals surface area (Å²) in [6.07, 6.45) is 4.14. The zero-order chi connectivity index (χ0) is 24.0. The summed E-state index contributed by atoms with van der Waals surface area (Å²) >= 11 is 0. The summed E-state index contributed by atoms with van der Waals surface area (Å²) in [7, 11) is 1.59. The van der Waals surface area contributed by atoms with Gasteiger partial charge in [0.15, 0.2) is 0 Å². The summed E-state index contributed by atoms with van der Waals surface area (Å²) < 4.78 is 13.2. The van der Waals surface area contributed by atoms with E-state index >= 15 is 0 Å². The number of amides is 2. The van der Waals surface area contributed by atoms with Crippen molar-refractivity contribution in [3.8, 4) is 22.6 Å². The minimum Gasteiger partial charge on any atom is -0.497 e. The summed E-state index contributed by atoms with van der Waals surface area (Å²) in [5, 5.41) is 0. The molecule has 1 aliphatic heterocycles. The number of nitrogens with zero attached hydrogens (tertiary/aromatic N) is 3. The summed E-state index contributed by atoms with van der Waals surface area (Å²) in [6.45, 7) is 5.95. The normalized spacial score (nSPS) is 17.4. The van der Waals surface area contributed by atoms with Gasteiger partial charge < -0.3 is 18.9 Å². The van der Waals surface area contributed by atoms with E-state index < -0.39 is 6.09 Å². The molecule has 7 nitrogen and oxygen atoms in total.